The lowest BCUT2D eigenvalue weighted by atomic mass is 10.1. The number of anilines is 1. The molecule has 0 saturated carbocycles. The van der Waals surface area contributed by atoms with Crippen molar-refractivity contribution >= 4 is 5.69 Å². The third-order valence-electron chi connectivity index (χ3n) is 4.20. The molecule has 106 valence electrons. The molecule has 4 heteroatoms. The summed E-state index contributed by atoms with van der Waals surface area (Å²) < 4.78 is 5.58. The standard InChI is InChI=1S/C16H21N3O/c17-13-15(16-7-4-12-20-16)19-10-8-18(9-11-19)14-5-2-1-3-6-14/h1-7,12,15H,8-11,13,17H2/p+2/t15-/m0/s1. The predicted octanol–water partition coefficient (Wildman–Crippen LogP) is -0.0323. The molecule has 0 spiro atoms. The number of hydrogen-bond acceptors (Lipinski definition) is 2. The van der Waals surface area contributed by atoms with Crippen LogP contribution in [0.15, 0.2) is 53.1 Å². The van der Waals surface area contributed by atoms with Gasteiger partial charge < -0.3 is 20.0 Å². The zero-order chi connectivity index (χ0) is 13.8. The highest BCUT2D eigenvalue weighted by Gasteiger charge is 2.30. The molecule has 1 saturated heterocycles. The van der Waals surface area contributed by atoms with Gasteiger partial charge in [-0.3, -0.25) is 0 Å². The number of hydrogen-bond donors (Lipinski definition) is 2. The minimum Gasteiger partial charge on any atom is -0.463 e. The Kier molecular flexibility index (Phi) is 4.04. The topological polar surface area (TPSA) is 48.5 Å². The zero-order valence-corrected chi connectivity index (χ0v) is 11.8. The summed E-state index contributed by atoms with van der Waals surface area (Å²) >= 11 is 0. The van der Waals surface area contributed by atoms with Crippen LogP contribution >= 0.6 is 0 Å². The second kappa shape index (κ2) is 6.11. The highest BCUT2D eigenvalue weighted by atomic mass is 16.3. The SMILES string of the molecule is [NH3+]C[C@@H](c1ccco1)[NH+]1CCN(c2ccccc2)CC1. The van der Waals surface area contributed by atoms with Crippen LogP contribution in [0.3, 0.4) is 0 Å². The maximum atomic E-state index is 5.58. The van der Waals surface area contributed by atoms with Crippen molar-refractivity contribution in [1.82, 2.24) is 0 Å². The van der Waals surface area contributed by atoms with Gasteiger partial charge in [0.15, 0.2) is 11.8 Å². The van der Waals surface area contributed by atoms with Crippen LogP contribution in [0.4, 0.5) is 5.69 Å². The molecule has 3 rings (SSSR count). The molecule has 0 aliphatic carbocycles. The lowest BCUT2D eigenvalue weighted by Gasteiger charge is -2.36. The third-order valence-corrected chi connectivity index (χ3v) is 4.20. The summed E-state index contributed by atoms with van der Waals surface area (Å²) in [6, 6.07) is 15.1. The first-order valence-electron chi connectivity index (χ1n) is 7.35. The minimum absolute atomic E-state index is 0.392. The van der Waals surface area contributed by atoms with Crippen LogP contribution in [-0.2, 0) is 0 Å². The molecule has 1 aromatic carbocycles. The largest absolute Gasteiger partial charge is 0.463 e. The number of benzene rings is 1. The monoisotopic (exact) mass is 273 g/mol. The molecule has 20 heavy (non-hydrogen) atoms. The van der Waals surface area contributed by atoms with Crippen LogP contribution in [-0.4, -0.2) is 32.7 Å². The average molecular weight is 273 g/mol. The summed E-state index contributed by atoms with van der Waals surface area (Å²) in [6.45, 7) is 5.34. The van der Waals surface area contributed by atoms with E-state index in [2.05, 4.69) is 47.0 Å². The molecule has 1 atom stereocenters. The van der Waals surface area contributed by atoms with Crippen molar-refractivity contribution in [3.05, 3.63) is 54.5 Å². The highest BCUT2D eigenvalue weighted by Crippen LogP contribution is 2.14. The van der Waals surface area contributed by atoms with E-state index < -0.39 is 0 Å². The Morgan fingerprint density at radius 2 is 1.85 bits per heavy atom. The van der Waals surface area contributed by atoms with Gasteiger partial charge in [0.2, 0.25) is 0 Å². The molecule has 0 unspecified atom stereocenters. The van der Waals surface area contributed by atoms with Crippen molar-refractivity contribution in [3.8, 4) is 0 Å². The molecule has 2 aromatic rings. The quantitative estimate of drug-likeness (QED) is 0.822. The third kappa shape index (κ3) is 2.71. The fourth-order valence-corrected chi connectivity index (χ4v) is 3.08. The number of furan rings is 1. The summed E-state index contributed by atoms with van der Waals surface area (Å²) in [5.41, 5.74) is 5.43. The van der Waals surface area contributed by atoms with Gasteiger partial charge >= 0.3 is 0 Å². The van der Waals surface area contributed by atoms with Crippen LogP contribution in [0.5, 0.6) is 0 Å². The van der Waals surface area contributed by atoms with E-state index in [4.69, 9.17) is 4.42 Å². The molecular weight excluding hydrogens is 250 g/mol. The maximum absolute atomic E-state index is 5.58. The van der Waals surface area contributed by atoms with E-state index in [0.29, 0.717) is 6.04 Å². The molecular formula is C16H23N3O+2. The van der Waals surface area contributed by atoms with Crippen LogP contribution in [0.25, 0.3) is 0 Å². The molecule has 4 N–H and O–H groups in total. The number of quaternary nitrogens is 2. The van der Waals surface area contributed by atoms with Crippen LogP contribution in [0, 0.1) is 0 Å². The van der Waals surface area contributed by atoms with Crippen molar-refractivity contribution in [2.75, 3.05) is 37.6 Å². The van der Waals surface area contributed by atoms with Gasteiger partial charge in [0.1, 0.15) is 6.54 Å². The number of piperazine rings is 1. The first-order chi connectivity index (χ1) is 9.88. The van der Waals surface area contributed by atoms with E-state index in [1.54, 1.807) is 11.2 Å². The predicted molar refractivity (Wildman–Crippen MR) is 78.6 cm³/mol. The van der Waals surface area contributed by atoms with Crippen LogP contribution < -0.4 is 15.5 Å². The molecule has 0 bridgehead atoms. The Morgan fingerprint density at radius 1 is 1.10 bits per heavy atom. The van der Waals surface area contributed by atoms with Gasteiger partial charge in [-0.1, -0.05) is 18.2 Å². The van der Waals surface area contributed by atoms with Crippen molar-refractivity contribution in [2.24, 2.45) is 0 Å². The highest BCUT2D eigenvalue weighted by molar-refractivity contribution is 5.46. The second-order valence-electron chi connectivity index (χ2n) is 5.34. The molecule has 4 nitrogen and oxygen atoms in total. The maximum Gasteiger partial charge on any atom is 0.195 e. The molecule has 2 heterocycles. The molecule has 1 aliphatic rings. The van der Waals surface area contributed by atoms with Crippen LogP contribution in [0.2, 0.25) is 0 Å². The fraction of sp³-hybridized carbons (Fsp3) is 0.375. The van der Waals surface area contributed by atoms with E-state index >= 15 is 0 Å². The lowest BCUT2D eigenvalue weighted by Crippen LogP contribution is -3.16. The van der Waals surface area contributed by atoms with Gasteiger partial charge in [-0.25, -0.2) is 0 Å². The second-order valence-corrected chi connectivity index (χ2v) is 5.34. The van der Waals surface area contributed by atoms with Gasteiger partial charge in [0, 0.05) is 5.69 Å². The Hall–Kier alpha value is -1.78. The summed E-state index contributed by atoms with van der Waals surface area (Å²) in [7, 11) is 0. The molecule has 1 aliphatic heterocycles. The van der Waals surface area contributed by atoms with E-state index in [-0.39, 0.29) is 0 Å². The number of para-hydroxylation sites is 1. The molecule has 0 radical (unpaired) electrons. The van der Waals surface area contributed by atoms with E-state index in [0.717, 1.165) is 38.5 Å². The Bertz CT molecular complexity index is 504. The summed E-state index contributed by atoms with van der Waals surface area (Å²) in [5, 5.41) is 0. The van der Waals surface area contributed by atoms with Crippen LogP contribution in [0.1, 0.15) is 11.8 Å². The van der Waals surface area contributed by atoms with Gasteiger partial charge in [-0.15, -0.1) is 0 Å². The molecule has 1 aromatic heterocycles. The molecule has 0 amide bonds. The fourth-order valence-electron chi connectivity index (χ4n) is 3.08. The average Bonchev–Trinajstić information content (AvgIpc) is 3.04. The minimum atomic E-state index is 0.392. The van der Waals surface area contributed by atoms with Gasteiger partial charge in [0.25, 0.3) is 0 Å². The number of rotatable bonds is 4. The first-order valence-corrected chi connectivity index (χ1v) is 7.35. The smallest absolute Gasteiger partial charge is 0.195 e. The van der Waals surface area contributed by atoms with Crippen molar-refractivity contribution in [2.45, 2.75) is 6.04 Å². The van der Waals surface area contributed by atoms with E-state index in [1.807, 2.05) is 6.07 Å². The van der Waals surface area contributed by atoms with E-state index in [9.17, 15) is 0 Å². The summed E-state index contributed by atoms with van der Waals surface area (Å²) in [5.74, 6) is 1.07. The normalized spacial score (nSPS) is 18.1. The summed E-state index contributed by atoms with van der Waals surface area (Å²) in [6.07, 6.45) is 1.76. The lowest BCUT2D eigenvalue weighted by molar-refractivity contribution is -0.939. The Labute approximate surface area is 119 Å². The number of nitrogens with zero attached hydrogens (tertiary/aromatic N) is 1. The van der Waals surface area contributed by atoms with E-state index in [1.165, 1.54) is 5.69 Å². The number of nitrogens with one attached hydrogen (secondary N) is 1. The Balaban J connectivity index is 1.63. The zero-order valence-electron chi connectivity index (χ0n) is 11.8. The molecule has 1 fully saturated rings. The van der Waals surface area contributed by atoms with Crippen molar-refractivity contribution in [1.29, 1.82) is 0 Å². The first kappa shape index (κ1) is 13.2. The van der Waals surface area contributed by atoms with Crippen molar-refractivity contribution < 1.29 is 15.1 Å². The van der Waals surface area contributed by atoms with Gasteiger partial charge in [-0.05, 0) is 24.3 Å². The summed E-state index contributed by atoms with van der Waals surface area (Å²) in [4.78, 5) is 4.05. The van der Waals surface area contributed by atoms with Gasteiger partial charge in [0.05, 0.1) is 32.4 Å². The van der Waals surface area contributed by atoms with Gasteiger partial charge in [-0.2, -0.15) is 0 Å². The Morgan fingerprint density at radius 3 is 2.45 bits per heavy atom. The van der Waals surface area contributed by atoms with Crippen molar-refractivity contribution in [3.63, 3.8) is 0 Å².